The number of benzene rings is 2. The van der Waals surface area contributed by atoms with Crippen molar-refractivity contribution >= 4 is 12.0 Å². The molecule has 2 N–H and O–H groups in total. The van der Waals surface area contributed by atoms with Gasteiger partial charge in [-0.1, -0.05) is 42.5 Å². The Bertz CT molecular complexity index is 777. The molecule has 0 aliphatic heterocycles. The van der Waals surface area contributed by atoms with Crippen molar-refractivity contribution in [2.24, 2.45) is 0 Å². The monoisotopic (exact) mass is 322 g/mol. The summed E-state index contributed by atoms with van der Waals surface area (Å²) in [6, 6.07) is 16.5. The Hall–Kier alpha value is -3.26. The highest BCUT2D eigenvalue weighted by Gasteiger charge is 2.11. The summed E-state index contributed by atoms with van der Waals surface area (Å²) in [6.07, 6.45) is 2.02. The molecule has 2 aromatic rings. The predicted octanol–water partition coefficient (Wildman–Crippen LogP) is 2.67. The van der Waals surface area contributed by atoms with Crippen molar-refractivity contribution in [1.29, 1.82) is 5.26 Å². The summed E-state index contributed by atoms with van der Waals surface area (Å²) in [7, 11) is 1.43. The fraction of sp³-hybridized carbons (Fsp3) is 0.158. The minimum Gasteiger partial charge on any atom is -0.504 e. The van der Waals surface area contributed by atoms with Crippen molar-refractivity contribution in [3.8, 4) is 17.6 Å². The third-order valence-corrected chi connectivity index (χ3v) is 3.46. The molecular formula is C19H18N2O3. The molecule has 0 aliphatic rings. The van der Waals surface area contributed by atoms with Crippen molar-refractivity contribution in [2.45, 2.75) is 6.42 Å². The van der Waals surface area contributed by atoms with Crippen molar-refractivity contribution in [2.75, 3.05) is 13.7 Å². The van der Waals surface area contributed by atoms with Crippen LogP contribution in [0.1, 0.15) is 11.1 Å². The van der Waals surface area contributed by atoms with E-state index in [0.29, 0.717) is 18.5 Å². The maximum absolute atomic E-state index is 12.1. The average molecular weight is 322 g/mol. The summed E-state index contributed by atoms with van der Waals surface area (Å²) in [5.41, 5.74) is 1.38. The van der Waals surface area contributed by atoms with E-state index in [1.165, 1.54) is 13.2 Å². The van der Waals surface area contributed by atoms with E-state index in [2.05, 4.69) is 5.32 Å². The van der Waals surface area contributed by atoms with Crippen LogP contribution >= 0.6 is 0 Å². The summed E-state index contributed by atoms with van der Waals surface area (Å²) in [5, 5.41) is 21.9. The number of aromatic hydroxyl groups is 1. The number of ether oxygens (including phenoxy) is 1. The van der Waals surface area contributed by atoms with Gasteiger partial charge in [-0.3, -0.25) is 4.79 Å². The number of carbonyl (C=O) groups excluding carboxylic acids is 1. The van der Waals surface area contributed by atoms with Crippen LogP contribution in [-0.4, -0.2) is 24.7 Å². The van der Waals surface area contributed by atoms with Gasteiger partial charge in [0.1, 0.15) is 11.6 Å². The highest BCUT2D eigenvalue weighted by Crippen LogP contribution is 2.30. The Labute approximate surface area is 140 Å². The second-order valence-corrected chi connectivity index (χ2v) is 5.06. The number of nitrogens with zero attached hydrogens (tertiary/aromatic N) is 1. The smallest absolute Gasteiger partial charge is 0.261 e. The number of hydrogen-bond donors (Lipinski definition) is 2. The Balaban J connectivity index is 2.05. The number of nitrogens with one attached hydrogen (secondary N) is 1. The molecule has 2 aromatic carbocycles. The summed E-state index contributed by atoms with van der Waals surface area (Å²) in [5.74, 6) is -0.300. The molecule has 0 aromatic heterocycles. The molecule has 0 atom stereocenters. The number of methoxy groups -OCH3 is 1. The van der Waals surface area contributed by atoms with E-state index in [1.807, 2.05) is 36.4 Å². The van der Waals surface area contributed by atoms with Crippen LogP contribution in [-0.2, 0) is 11.2 Å². The van der Waals surface area contributed by atoms with Gasteiger partial charge in [0.2, 0.25) is 0 Å². The number of rotatable bonds is 6. The van der Waals surface area contributed by atoms with Crippen molar-refractivity contribution in [3.63, 3.8) is 0 Å². The van der Waals surface area contributed by atoms with Crippen molar-refractivity contribution in [3.05, 3.63) is 65.2 Å². The fourth-order valence-electron chi connectivity index (χ4n) is 2.18. The number of phenols is 1. The van der Waals surface area contributed by atoms with Crippen LogP contribution in [0, 0.1) is 11.3 Å². The summed E-state index contributed by atoms with van der Waals surface area (Å²) in [4.78, 5) is 12.1. The third-order valence-electron chi connectivity index (χ3n) is 3.46. The molecule has 5 heteroatoms. The first kappa shape index (κ1) is 17.1. The lowest BCUT2D eigenvalue weighted by molar-refractivity contribution is -0.117. The summed E-state index contributed by atoms with van der Waals surface area (Å²) < 4.78 is 5.01. The topological polar surface area (TPSA) is 82.3 Å². The van der Waals surface area contributed by atoms with Gasteiger partial charge in [-0.15, -0.1) is 0 Å². The molecule has 122 valence electrons. The van der Waals surface area contributed by atoms with Gasteiger partial charge in [-0.2, -0.15) is 5.26 Å². The van der Waals surface area contributed by atoms with Crippen LogP contribution in [0.2, 0.25) is 0 Å². The van der Waals surface area contributed by atoms with Gasteiger partial charge < -0.3 is 15.2 Å². The average Bonchev–Trinajstić information content (AvgIpc) is 2.61. The zero-order valence-corrected chi connectivity index (χ0v) is 13.3. The Morgan fingerprint density at radius 2 is 2.00 bits per heavy atom. The number of nitriles is 1. The molecule has 0 saturated heterocycles. The predicted molar refractivity (Wildman–Crippen MR) is 91.4 cm³/mol. The minimum atomic E-state index is -0.476. The lowest BCUT2D eigenvalue weighted by Gasteiger charge is -2.07. The molecule has 0 radical (unpaired) electrons. The summed E-state index contributed by atoms with van der Waals surface area (Å²) >= 11 is 0. The minimum absolute atomic E-state index is 0.0772. The van der Waals surface area contributed by atoms with Gasteiger partial charge in [-0.05, 0) is 24.1 Å². The van der Waals surface area contributed by atoms with E-state index in [9.17, 15) is 15.2 Å². The maximum atomic E-state index is 12.1. The van der Waals surface area contributed by atoms with Gasteiger partial charge in [0.05, 0.1) is 7.11 Å². The number of carbonyl (C=O) groups is 1. The number of para-hydroxylation sites is 1. The standard InChI is InChI=1S/C19H18N2O3/c1-24-17-9-5-8-15(18(17)22)12-16(13-20)19(23)21-11-10-14-6-3-2-4-7-14/h2-9,12,22H,10-11H2,1H3,(H,21,23)/b16-12-. The molecule has 1 amide bonds. The van der Waals surface area contributed by atoms with Crippen LogP contribution < -0.4 is 10.1 Å². The first-order valence-corrected chi connectivity index (χ1v) is 7.45. The maximum Gasteiger partial charge on any atom is 0.261 e. The van der Waals surface area contributed by atoms with Crippen molar-refractivity contribution in [1.82, 2.24) is 5.32 Å². The Morgan fingerprint density at radius 1 is 1.25 bits per heavy atom. The quantitative estimate of drug-likeness (QED) is 0.633. The first-order valence-electron chi connectivity index (χ1n) is 7.45. The van der Waals surface area contributed by atoms with Crippen molar-refractivity contribution < 1.29 is 14.6 Å². The molecule has 0 fully saturated rings. The van der Waals surface area contributed by atoms with Gasteiger partial charge in [0.15, 0.2) is 11.5 Å². The number of phenolic OH excluding ortho intramolecular Hbond substituents is 1. The van der Waals surface area contributed by atoms with Crippen LogP contribution in [0.25, 0.3) is 6.08 Å². The third kappa shape index (κ3) is 4.37. The van der Waals surface area contributed by atoms with Crippen LogP contribution in [0.15, 0.2) is 54.1 Å². The second kappa shape index (κ2) is 8.39. The number of amides is 1. The van der Waals surface area contributed by atoms with Gasteiger partial charge in [0.25, 0.3) is 5.91 Å². The lowest BCUT2D eigenvalue weighted by Crippen LogP contribution is -2.26. The molecule has 0 aliphatic carbocycles. The molecule has 0 spiro atoms. The van der Waals surface area contributed by atoms with E-state index < -0.39 is 5.91 Å². The largest absolute Gasteiger partial charge is 0.504 e. The lowest BCUT2D eigenvalue weighted by atomic mass is 10.1. The first-order chi connectivity index (χ1) is 11.7. The van der Waals surface area contributed by atoms with E-state index in [-0.39, 0.29) is 17.1 Å². The molecule has 0 heterocycles. The molecular weight excluding hydrogens is 304 g/mol. The zero-order valence-electron chi connectivity index (χ0n) is 13.3. The van der Waals surface area contributed by atoms with Crippen LogP contribution in [0.5, 0.6) is 11.5 Å². The highest BCUT2D eigenvalue weighted by molar-refractivity contribution is 6.02. The van der Waals surface area contributed by atoms with E-state index in [4.69, 9.17) is 4.74 Å². The van der Waals surface area contributed by atoms with Gasteiger partial charge >= 0.3 is 0 Å². The molecule has 5 nitrogen and oxygen atoms in total. The number of hydrogen-bond acceptors (Lipinski definition) is 4. The fourth-order valence-corrected chi connectivity index (χ4v) is 2.18. The molecule has 2 rings (SSSR count). The highest BCUT2D eigenvalue weighted by atomic mass is 16.5. The normalized spacial score (nSPS) is 10.8. The molecule has 0 bridgehead atoms. The van der Waals surface area contributed by atoms with Gasteiger partial charge in [0, 0.05) is 12.1 Å². The van der Waals surface area contributed by atoms with Crippen LogP contribution in [0.4, 0.5) is 0 Å². The SMILES string of the molecule is COc1cccc(/C=C(/C#N)C(=O)NCCc2ccccc2)c1O. The Morgan fingerprint density at radius 3 is 2.67 bits per heavy atom. The molecule has 0 unspecified atom stereocenters. The molecule has 24 heavy (non-hydrogen) atoms. The summed E-state index contributed by atoms with van der Waals surface area (Å²) in [6.45, 7) is 0.423. The van der Waals surface area contributed by atoms with E-state index in [1.54, 1.807) is 18.2 Å². The molecule has 0 saturated carbocycles. The van der Waals surface area contributed by atoms with E-state index in [0.717, 1.165) is 5.56 Å². The van der Waals surface area contributed by atoms with Gasteiger partial charge in [-0.25, -0.2) is 0 Å². The van der Waals surface area contributed by atoms with Crippen LogP contribution in [0.3, 0.4) is 0 Å². The van der Waals surface area contributed by atoms with E-state index >= 15 is 0 Å². The Kier molecular flexibility index (Phi) is 5.98. The second-order valence-electron chi connectivity index (χ2n) is 5.06. The zero-order chi connectivity index (χ0) is 17.4.